The van der Waals surface area contributed by atoms with Gasteiger partial charge in [-0.1, -0.05) is 18.2 Å². The number of nitrogens with one attached hydrogen (secondary N) is 1. The molecule has 1 atom stereocenters. The van der Waals surface area contributed by atoms with Crippen LogP contribution in [0.5, 0.6) is 11.5 Å². The third-order valence-electron chi connectivity index (χ3n) is 6.05. The smallest absolute Gasteiger partial charge is 0.258 e. The molecule has 0 saturated carbocycles. The highest BCUT2D eigenvalue weighted by molar-refractivity contribution is 5.58. The molecule has 0 amide bonds. The number of methoxy groups -OCH3 is 1. The number of benzene rings is 1. The van der Waals surface area contributed by atoms with Crippen molar-refractivity contribution in [1.82, 2.24) is 4.57 Å². The largest absolute Gasteiger partial charge is 0.496 e. The Hall–Kier alpha value is -3.24. The van der Waals surface area contributed by atoms with Gasteiger partial charge in [0.05, 0.1) is 38.2 Å². The van der Waals surface area contributed by atoms with Crippen LogP contribution in [0.15, 0.2) is 46.6 Å². The summed E-state index contributed by atoms with van der Waals surface area (Å²) in [6, 6.07) is 11.4. The van der Waals surface area contributed by atoms with E-state index in [1.807, 2.05) is 37.3 Å². The van der Waals surface area contributed by atoms with Crippen molar-refractivity contribution in [2.75, 3.05) is 26.7 Å². The maximum absolute atomic E-state index is 13.7. The van der Waals surface area contributed by atoms with E-state index in [1.54, 1.807) is 11.7 Å². The van der Waals surface area contributed by atoms with Crippen molar-refractivity contribution < 1.29 is 14.4 Å². The first-order valence-electron chi connectivity index (χ1n) is 10.7. The molecular weight excluding hydrogens is 392 g/mol. The molecule has 7 heteroatoms. The zero-order valence-corrected chi connectivity index (χ0v) is 18.7. The normalized spacial score (nSPS) is 15.4. The zero-order chi connectivity index (χ0) is 22.5. The maximum Gasteiger partial charge on any atom is 0.258 e. The fourth-order valence-electron chi connectivity index (χ4n) is 4.27. The predicted molar refractivity (Wildman–Crippen MR) is 119 cm³/mol. The molecule has 0 saturated heterocycles. The lowest BCUT2D eigenvalue weighted by molar-refractivity contribution is -0.896. The van der Waals surface area contributed by atoms with Gasteiger partial charge in [0, 0.05) is 30.3 Å². The van der Waals surface area contributed by atoms with E-state index in [9.17, 15) is 10.1 Å². The van der Waals surface area contributed by atoms with Gasteiger partial charge < -0.3 is 24.7 Å². The first-order chi connectivity index (χ1) is 15.0. The average Bonchev–Trinajstić information content (AvgIpc) is 2.77. The molecule has 0 spiro atoms. The summed E-state index contributed by atoms with van der Waals surface area (Å²) in [5.74, 6) is 0.378. The molecule has 1 aliphatic heterocycles. The van der Waals surface area contributed by atoms with Crippen LogP contribution < -0.4 is 25.7 Å². The molecule has 1 aliphatic rings. The highest BCUT2D eigenvalue weighted by Crippen LogP contribution is 2.43. The number of allylic oxidation sites excluding steroid dienone is 1. The Morgan fingerprint density at radius 2 is 2.00 bits per heavy atom. The molecule has 0 bridgehead atoms. The number of aromatic nitrogens is 1. The summed E-state index contributed by atoms with van der Waals surface area (Å²) < 4.78 is 13.0. The number of nitrogens with zero attached hydrogens (tertiary/aromatic N) is 2. The van der Waals surface area contributed by atoms with Gasteiger partial charge in [0.15, 0.2) is 0 Å². The van der Waals surface area contributed by atoms with Crippen LogP contribution in [-0.4, -0.2) is 31.3 Å². The summed E-state index contributed by atoms with van der Waals surface area (Å²) >= 11 is 0. The number of hydrogen-bond acceptors (Lipinski definition) is 5. The Balaban J connectivity index is 2.11. The number of hydrogen-bond donors (Lipinski definition) is 2. The molecule has 164 valence electrons. The van der Waals surface area contributed by atoms with Gasteiger partial charge in [-0.3, -0.25) is 4.79 Å². The maximum atomic E-state index is 13.7. The Bertz CT molecular complexity index is 1080. The molecule has 1 aromatic carbocycles. The summed E-state index contributed by atoms with van der Waals surface area (Å²) in [7, 11) is 1.57. The van der Waals surface area contributed by atoms with E-state index in [2.05, 4.69) is 19.9 Å². The standard InChI is InChI=1S/C24H30N4O3/c1-5-27(6-2)12-9-13-28-16(3)14-20-22(24(28)29)21(18(15-25)23(26)31-20)17-10-7-8-11-19(17)30-4/h7-8,10-11,14,21H,5-6,9,12-13,26H2,1-4H3/p+1/t21-/m0/s1. The van der Waals surface area contributed by atoms with Crippen molar-refractivity contribution in [3.8, 4) is 17.6 Å². The van der Waals surface area contributed by atoms with Crippen molar-refractivity contribution in [3.05, 3.63) is 69.0 Å². The number of aryl methyl sites for hydroxylation is 1. The molecule has 7 nitrogen and oxygen atoms in total. The number of nitrogens with two attached hydrogens (primary N) is 1. The van der Waals surface area contributed by atoms with Gasteiger partial charge in [0.25, 0.3) is 5.56 Å². The van der Waals surface area contributed by atoms with Crippen LogP contribution in [0.25, 0.3) is 0 Å². The van der Waals surface area contributed by atoms with Crippen LogP contribution in [0.3, 0.4) is 0 Å². The molecule has 2 aromatic rings. The molecule has 3 N–H and O–H groups in total. The Kier molecular flexibility index (Phi) is 7.03. The number of pyridine rings is 1. The third kappa shape index (κ3) is 4.30. The lowest BCUT2D eigenvalue weighted by Crippen LogP contribution is -3.11. The second kappa shape index (κ2) is 9.71. The topological polar surface area (TPSA) is 94.7 Å². The van der Waals surface area contributed by atoms with Gasteiger partial charge in [-0.2, -0.15) is 5.26 Å². The molecule has 0 aliphatic carbocycles. The van der Waals surface area contributed by atoms with Crippen LogP contribution in [-0.2, 0) is 6.54 Å². The van der Waals surface area contributed by atoms with Gasteiger partial charge in [0.1, 0.15) is 23.1 Å². The van der Waals surface area contributed by atoms with Crippen LogP contribution in [0.4, 0.5) is 0 Å². The molecule has 31 heavy (non-hydrogen) atoms. The zero-order valence-electron chi connectivity index (χ0n) is 18.7. The average molecular weight is 424 g/mol. The van der Waals surface area contributed by atoms with Gasteiger partial charge in [-0.25, -0.2) is 0 Å². The summed E-state index contributed by atoms with van der Waals surface area (Å²) in [6.45, 7) is 9.98. The number of fused-ring (bicyclic) bond motifs is 1. The fraction of sp³-hybridized carbons (Fsp3) is 0.417. The first-order valence-corrected chi connectivity index (χ1v) is 10.7. The molecule has 0 fully saturated rings. The monoisotopic (exact) mass is 423 g/mol. The summed E-state index contributed by atoms with van der Waals surface area (Å²) in [6.07, 6.45) is 0.889. The van der Waals surface area contributed by atoms with Crippen LogP contribution >= 0.6 is 0 Å². The minimum absolute atomic E-state index is 0.0209. The molecule has 1 aromatic heterocycles. The molecular formula is C24H31N4O3+. The highest BCUT2D eigenvalue weighted by atomic mass is 16.5. The van der Waals surface area contributed by atoms with E-state index < -0.39 is 5.92 Å². The van der Waals surface area contributed by atoms with Crippen LogP contribution in [0.1, 0.15) is 43.0 Å². The van der Waals surface area contributed by atoms with Crippen molar-refractivity contribution in [3.63, 3.8) is 0 Å². The Morgan fingerprint density at radius 1 is 1.29 bits per heavy atom. The van der Waals surface area contributed by atoms with Crippen molar-refractivity contribution >= 4 is 0 Å². The number of ether oxygens (including phenoxy) is 2. The first kappa shape index (κ1) is 22.4. The molecule has 0 radical (unpaired) electrons. The second-order valence-corrected chi connectivity index (χ2v) is 7.75. The van der Waals surface area contributed by atoms with E-state index in [1.165, 1.54) is 4.90 Å². The van der Waals surface area contributed by atoms with E-state index in [0.29, 0.717) is 29.2 Å². The fourth-order valence-corrected chi connectivity index (χ4v) is 4.27. The lowest BCUT2D eigenvalue weighted by Gasteiger charge is -2.28. The van der Waals surface area contributed by atoms with Gasteiger partial charge in [-0.05, 0) is 26.8 Å². The third-order valence-corrected chi connectivity index (χ3v) is 6.05. The van der Waals surface area contributed by atoms with Crippen molar-refractivity contribution in [2.24, 2.45) is 5.73 Å². The lowest BCUT2D eigenvalue weighted by atomic mass is 9.83. The van der Waals surface area contributed by atoms with Gasteiger partial charge in [-0.15, -0.1) is 0 Å². The van der Waals surface area contributed by atoms with Crippen LogP contribution in [0.2, 0.25) is 0 Å². The summed E-state index contributed by atoms with van der Waals surface area (Å²) in [4.78, 5) is 15.2. The van der Waals surface area contributed by atoms with E-state index in [-0.39, 0.29) is 17.0 Å². The molecule has 3 rings (SSSR count). The number of para-hydroxylation sites is 1. The van der Waals surface area contributed by atoms with Crippen LogP contribution in [0, 0.1) is 18.3 Å². The minimum atomic E-state index is -0.641. The van der Waals surface area contributed by atoms with Gasteiger partial charge >= 0.3 is 0 Å². The van der Waals surface area contributed by atoms with E-state index in [4.69, 9.17) is 15.2 Å². The number of rotatable bonds is 8. The predicted octanol–water partition coefficient (Wildman–Crippen LogP) is 1.70. The highest BCUT2D eigenvalue weighted by Gasteiger charge is 2.35. The van der Waals surface area contributed by atoms with E-state index >= 15 is 0 Å². The Morgan fingerprint density at radius 3 is 2.65 bits per heavy atom. The SMILES string of the molecule is CC[NH+](CC)CCCn1c(C)cc2c(c1=O)[C@@H](c1ccccc1OC)C(C#N)=C(N)O2. The number of nitriles is 1. The van der Waals surface area contributed by atoms with E-state index in [0.717, 1.165) is 31.7 Å². The summed E-state index contributed by atoms with van der Waals surface area (Å²) in [5, 5.41) is 9.83. The van der Waals surface area contributed by atoms with Crippen molar-refractivity contribution in [2.45, 2.75) is 39.7 Å². The quantitative estimate of drug-likeness (QED) is 0.674. The molecule has 2 heterocycles. The number of quaternary nitrogens is 1. The van der Waals surface area contributed by atoms with Gasteiger partial charge in [0.2, 0.25) is 5.88 Å². The Labute approximate surface area is 183 Å². The second-order valence-electron chi connectivity index (χ2n) is 7.75. The minimum Gasteiger partial charge on any atom is -0.496 e. The molecule has 0 unspecified atom stereocenters. The van der Waals surface area contributed by atoms with Crippen molar-refractivity contribution in [1.29, 1.82) is 5.26 Å². The summed E-state index contributed by atoms with van der Waals surface area (Å²) in [5.41, 5.74) is 8.11.